The predicted octanol–water partition coefficient (Wildman–Crippen LogP) is 12.9. The first-order chi connectivity index (χ1) is 26.8. The van der Waals surface area contributed by atoms with Crippen LogP contribution in [0.25, 0.3) is 67.2 Å². The van der Waals surface area contributed by atoms with Gasteiger partial charge in [-0.2, -0.15) is 0 Å². The van der Waals surface area contributed by atoms with Crippen LogP contribution in [0.5, 0.6) is 11.5 Å². The van der Waals surface area contributed by atoms with Crippen molar-refractivity contribution in [3.8, 4) is 67.9 Å². The molecule has 0 N–H and O–H groups in total. The van der Waals surface area contributed by atoms with E-state index in [1.807, 2.05) is 60.7 Å². The average Bonchev–Trinajstić information content (AvgIpc) is 3.25. The summed E-state index contributed by atoms with van der Waals surface area (Å²) in [6.07, 6.45) is 0. The Balaban J connectivity index is 1.17. The number of benzene rings is 8. The second kappa shape index (κ2) is 13.3. The largest absolute Gasteiger partial charge is 0.456 e. The van der Waals surface area contributed by atoms with E-state index in [-0.39, 0.29) is 0 Å². The van der Waals surface area contributed by atoms with Gasteiger partial charge in [0, 0.05) is 44.4 Å². The van der Waals surface area contributed by atoms with Crippen molar-refractivity contribution >= 4 is 27.8 Å². The van der Waals surface area contributed by atoms with Gasteiger partial charge in [0.25, 0.3) is 0 Å². The Morgan fingerprint density at radius 3 is 1.61 bits per heavy atom. The number of anilines is 3. The van der Waals surface area contributed by atoms with Crippen LogP contribution in [0.3, 0.4) is 0 Å². The fraction of sp³-hybridized carbons (Fsp3) is 0. The van der Waals surface area contributed by atoms with Crippen molar-refractivity contribution in [2.24, 2.45) is 0 Å². The lowest BCUT2D eigenvalue weighted by Gasteiger charge is -2.29. The molecule has 10 rings (SSSR count). The van der Waals surface area contributed by atoms with E-state index in [1.165, 1.54) is 0 Å². The molecule has 0 saturated carbocycles. The summed E-state index contributed by atoms with van der Waals surface area (Å²) >= 11 is 0. The van der Waals surface area contributed by atoms with Crippen molar-refractivity contribution in [2.75, 3.05) is 4.90 Å². The molecule has 5 nitrogen and oxygen atoms in total. The maximum Gasteiger partial charge on any atom is 0.164 e. The molecular formula is C49H32N4O. The Bertz CT molecular complexity index is 2750. The molecular weight excluding hydrogens is 661 g/mol. The van der Waals surface area contributed by atoms with E-state index in [1.54, 1.807) is 0 Å². The number of nitrogens with zero attached hydrogens (tertiary/aromatic N) is 4. The number of hydrogen-bond acceptors (Lipinski definition) is 5. The summed E-state index contributed by atoms with van der Waals surface area (Å²) in [6.45, 7) is 0. The molecule has 0 radical (unpaired) electrons. The fourth-order valence-corrected chi connectivity index (χ4v) is 7.44. The number of rotatable bonds is 7. The molecule has 5 heteroatoms. The average molecular weight is 693 g/mol. The Kier molecular flexibility index (Phi) is 7.73. The molecule has 2 heterocycles. The minimum Gasteiger partial charge on any atom is -0.456 e. The summed E-state index contributed by atoms with van der Waals surface area (Å²) in [5.41, 5.74) is 10.2. The van der Waals surface area contributed by atoms with E-state index in [0.717, 1.165) is 78.3 Å². The summed E-state index contributed by atoms with van der Waals surface area (Å²) in [5, 5.41) is 2.12. The molecule has 0 saturated heterocycles. The Morgan fingerprint density at radius 2 is 0.907 bits per heavy atom. The quantitative estimate of drug-likeness (QED) is 0.166. The third kappa shape index (κ3) is 5.56. The van der Waals surface area contributed by atoms with Crippen LogP contribution in [-0.2, 0) is 0 Å². The van der Waals surface area contributed by atoms with Crippen molar-refractivity contribution in [1.82, 2.24) is 15.0 Å². The van der Waals surface area contributed by atoms with Gasteiger partial charge >= 0.3 is 0 Å². The van der Waals surface area contributed by atoms with E-state index in [0.29, 0.717) is 17.5 Å². The Hall–Kier alpha value is -7.37. The highest BCUT2D eigenvalue weighted by atomic mass is 16.5. The lowest BCUT2D eigenvalue weighted by molar-refractivity contribution is 0.487. The van der Waals surface area contributed by atoms with Crippen LogP contribution in [0.15, 0.2) is 194 Å². The third-order valence-corrected chi connectivity index (χ3v) is 9.90. The highest BCUT2D eigenvalue weighted by molar-refractivity contribution is 6.12. The van der Waals surface area contributed by atoms with Crippen LogP contribution in [-0.4, -0.2) is 15.0 Å². The third-order valence-electron chi connectivity index (χ3n) is 9.90. The minimum absolute atomic E-state index is 0.580. The van der Waals surface area contributed by atoms with Crippen molar-refractivity contribution in [3.63, 3.8) is 0 Å². The minimum atomic E-state index is 0.580. The van der Waals surface area contributed by atoms with Gasteiger partial charge in [-0.3, -0.25) is 0 Å². The maximum atomic E-state index is 6.76. The molecule has 1 aliphatic rings. The van der Waals surface area contributed by atoms with Crippen LogP contribution in [0.2, 0.25) is 0 Å². The molecule has 0 aliphatic carbocycles. The van der Waals surface area contributed by atoms with Crippen LogP contribution in [0, 0.1) is 0 Å². The molecule has 9 aromatic rings. The number of ether oxygens (including phenoxy) is 1. The smallest absolute Gasteiger partial charge is 0.164 e. The lowest BCUT2D eigenvalue weighted by atomic mass is 9.90. The number of aromatic nitrogens is 3. The topological polar surface area (TPSA) is 51.1 Å². The van der Waals surface area contributed by atoms with E-state index in [4.69, 9.17) is 19.7 Å². The molecule has 0 bridgehead atoms. The van der Waals surface area contributed by atoms with E-state index in [2.05, 4.69) is 138 Å². The van der Waals surface area contributed by atoms with Crippen molar-refractivity contribution < 1.29 is 4.74 Å². The van der Waals surface area contributed by atoms with Crippen LogP contribution in [0.1, 0.15) is 0 Å². The van der Waals surface area contributed by atoms with Gasteiger partial charge in [-0.05, 0) is 65.2 Å². The standard InChI is InChI=1S/C49H32N4O/c1-5-16-33(17-6-1)35-20-13-21-36(32-35)48-50-47(34-18-7-2-8-19-34)51-49(52-48)41-28-15-29-43-46(41)40-27-14-26-39-42(30-31-44(54-43)45(39)40)53(37-22-9-3-10-23-37)38-24-11-4-12-25-38/h1-32H. The highest BCUT2D eigenvalue weighted by Crippen LogP contribution is 2.52. The van der Waals surface area contributed by atoms with E-state index in [9.17, 15) is 0 Å². The monoisotopic (exact) mass is 692 g/mol. The van der Waals surface area contributed by atoms with E-state index >= 15 is 0 Å². The van der Waals surface area contributed by atoms with Crippen LogP contribution in [0.4, 0.5) is 17.1 Å². The number of fused-ring (bicyclic) bond motifs is 2. The van der Waals surface area contributed by atoms with Crippen LogP contribution < -0.4 is 9.64 Å². The van der Waals surface area contributed by atoms with Gasteiger partial charge in [0.2, 0.25) is 0 Å². The molecule has 1 aromatic heterocycles. The van der Waals surface area contributed by atoms with Gasteiger partial charge < -0.3 is 9.64 Å². The second-order valence-corrected chi connectivity index (χ2v) is 13.2. The molecule has 0 amide bonds. The number of hydrogen-bond donors (Lipinski definition) is 0. The van der Waals surface area contributed by atoms with Crippen molar-refractivity contribution in [1.29, 1.82) is 0 Å². The maximum absolute atomic E-state index is 6.76. The zero-order valence-electron chi connectivity index (χ0n) is 29.2. The van der Waals surface area contributed by atoms with Gasteiger partial charge in [-0.1, -0.05) is 146 Å². The summed E-state index contributed by atoms with van der Waals surface area (Å²) < 4.78 is 6.76. The summed E-state index contributed by atoms with van der Waals surface area (Å²) in [4.78, 5) is 17.7. The van der Waals surface area contributed by atoms with Crippen molar-refractivity contribution in [2.45, 2.75) is 0 Å². The fourth-order valence-electron chi connectivity index (χ4n) is 7.44. The molecule has 8 aromatic carbocycles. The second-order valence-electron chi connectivity index (χ2n) is 13.2. The molecule has 254 valence electrons. The van der Waals surface area contributed by atoms with Gasteiger partial charge in [0.1, 0.15) is 11.5 Å². The zero-order chi connectivity index (χ0) is 35.8. The molecule has 0 spiro atoms. The van der Waals surface area contributed by atoms with Crippen molar-refractivity contribution in [3.05, 3.63) is 194 Å². The zero-order valence-corrected chi connectivity index (χ0v) is 29.2. The Labute approximate surface area is 313 Å². The van der Waals surface area contributed by atoms with Gasteiger partial charge in [-0.25, -0.2) is 15.0 Å². The predicted molar refractivity (Wildman–Crippen MR) is 219 cm³/mol. The highest BCUT2D eigenvalue weighted by Gasteiger charge is 2.27. The first-order valence-electron chi connectivity index (χ1n) is 18.0. The summed E-state index contributed by atoms with van der Waals surface area (Å²) in [7, 11) is 0. The van der Waals surface area contributed by atoms with Gasteiger partial charge in [0.05, 0.1) is 5.69 Å². The molecule has 1 aliphatic heterocycles. The van der Waals surface area contributed by atoms with Crippen LogP contribution >= 0.6 is 0 Å². The summed E-state index contributed by atoms with van der Waals surface area (Å²) in [6, 6.07) is 66.7. The Morgan fingerprint density at radius 1 is 0.370 bits per heavy atom. The lowest BCUT2D eigenvalue weighted by Crippen LogP contribution is -2.11. The molecule has 54 heavy (non-hydrogen) atoms. The molecule has 0 fully saturated rings. The SMILES string of the molecule is c1ccc(-c2cccc(-c3nc(-c4ccccc4)nc(-c4cccc5c4-c4cccc6c(N(c7ccccc7)c7ccccc7)ccc(c46)O5)n3)c2)cc1. The van der Waals surface area contributed by atoms with Gasteiger partial charge in [0.15, 0.2) is 17.5 Å². The molecule has 0 atom stereocenters. The first kappa shape index (κ1) is 31.4. The normalized spacial score (nSPS) is 11.5. The first-order valence-corrected chi connectivity index (χ1v) is 18.0. The van der Waals surface area contributed by atoms with Gasteiger partial charge in [-0.15, -0.1) is 0 Å². The molecule has 0 unspecified atom stereocenters. The summed E-state index contributed by atoms with van der Waals surface area (Å²) in [5.74, 6) is 3.37. The van der Waals surface area contributed by atoms with E-state index < -0.39 is 0 Å². The number of para-hydroxylation sites is 2.